The molecule has 0 saturated heterocycles. The summed E-state index contributed by atoms with van der Waals surface area (Å²) >= 11 is 0. The van der Waals surface area contributed by atoms with E-state index >= 15 is 0 Å². The van der Waals surface area contributed by atoms with Crippen molar-refractivity contribution in [3.05, 3.63) is 71.7 Å². The molecule has 37 heavy (non-hydrogen) atoms. The van der Waals surface area contributed by atoms with Crippen LogP contribution >= 0.6 is 0 Å². The van der Waals surface area contributed by atoms with Gasteiger partial charge in [-0.15, -0.1) is 0 Å². The number of anilines is 1. The minimum atomic E-state index is -0.451. The summed E-state index contributed by atoms with van der Waals surface area (Å²) in [5, 5.41) is 10.8. The molecular weight excluding hydrogens is 471 g/mol. The summed E-state index contributed by atoms with van der Waals surface area (Å²) < 4.78 is 16.3. The van der Waals surface area contributed by atoms with Crippen LogP contribution in [0.15, 0.2) is 48.9 Å². The lowest BCUT2D eigenvalue weighted by molar-refractivity contribution is -0.117. The number of carbonyl (C=O) groups is 1. The Hall–Kier alpha value is -4.75. The van der Waals surface area contributed by atoms with E-state index in [2.05, 4.69) is 47.5 Å². The first-order valence-electron chi connectivity index (χ1n) is 11.5. The van der Waals surface area contributed by atoms with Gasteiger partial charge in [-0.05, 0) is 57.1 Å². The van der Waals surface area contributed by atoms with Crippen molar-refractivity contribution in [1.29, 1.82) is 0 Å². The third-order valence-corrected chi connectivity index (χ3v) is 5.96. The van der Waals surface area contributed by atoms with E-state index in [4.69, 9.17) is 0 Å². The third-order valence-electron chi connectivity index (χ3n) is 5.96. The molecule has 9 nitrogen and oxygen atoms in total. The van der Waals surface area contributed by atoms with Crippen LogP contribution < -0.4 is 10.6 Å². The summed E-state index contributed by atoms with van der Waals surface area (Å²) in [4.78, 5) is 30.0. The van der Waals surface area contributed by atoms with Gasteiger partial charge in [0.05, 0.1) is 17.4 Å². The first-order valence-corrected chi connectivity index (χ1v) is 11.5. The molecule has 184 valence electrons. The molecule has 1 atom stereocenters. The normalized spacial score (nSPS) is 11.8. The van der Waals surface area contributed by atoms with Crippen molar-refractivity contribution < 1.29 is 9.18 Å². The smallest absolute Gasteiger partial charge is 0.242 e. The minimum absolute atomic E-state index is 0.251. The molecule has 2 N–H and O–H groups in total. The van der Waals surface area contributed by atoms with Crippen molar-refractivity contribution in [2.24, 2.45) is 7.05 Å². The first kappa shape index (κ1) is 24.0. The lowest BCUT2D eigenvalue weighted by Crippen LogP contribution is -2.35. The molecule has 0 aliphatic heterocycles. The molecule has 0 fully saturated rings. The Bertz CT molecular complexity index is 1730. The Morgan fingerprint density at radius 1 is 1.11 bits per heavy atom. The van der Waals surface area contributed by atoms with Gasteiger partial charge in [0.25, 0.3) is 0 Å². The molecule has 0 aliphatic rings. The number of benzene rings is 1. The maximum atomic E-state index is 14.5. The summed E-state index contributed by atoms with van der Waals surface area (Å²) in [6, 6.07) is 9.71. The Kier molecular flexibility index (Phi) is 6.29. The number of fused-ring (bicyclic) bond motifs is 2. The molecule has 4 aromatic heterocycles. The topological polar surface area (TPSA) is 111 Å². The summed E-state index contributed by atoms with van der Waals surface area (Å²) in [6.07, 6.45) is 3.02. The second kappa shape index (κ2) is 9.72. The van der Waals surface area contributed by atoms with Gasteiger partial charge in [-0.1, -0.05) is 12.0 Å². The van der Waals surface area contributed by atoms with Crippen molar-refractivity contribution in [2.45, 2.75) is 19.9 Å². The zero-order chi connectivity index (χ0) is 26.1. The number of carbonyl (C=O) groups excluding carboxylic acids is 1. The molecule has 1 aromatic carbocycles. The molecule has 1 amide bonds. The van der Waals surface area contributed by atoms with E-state index in [0.29, 0.717) is 33.7 Å². The largest absolute Gasteiger partial charge is 0.309 e. The highest BCUT2D eigenvalue weighted by Crippen LogP contribution is 2.28. The summed E-state index contributed by atoms with van der Waals surface area (Å²) in [5.74, 6) is 5.60. The Balaban J connectivity index is 1.63. The Morgan fingerprint density at radius 3 is 2.76 bits per heavy atom. The number of amides is 1. The van der Waals surface area contributed by atoms with Crippen LogP contribution in [0.4, 0.5) is 10.2 Å². The lowest BCUT2D eigenvalue weighted by Gasteiger charge is -2.12. The van der Waals surface area contributed by atoms with Crippen molar-refractivity contribution in [2.75, 3.05) is 12.4 Å². The summed E-state index contributed by atoms with van der Waals surface area (Å²) in [5.41, 5.74) is 4.69. The van der Waals surface area contributed by atoms with E-state index in [1.807, 2.05) is 14.0 Å². The molecule has 0 spiro atoms. The summed E-state index contributed by atoms with van der Waals surface area (Å²) in [6.45, 7) is 3.63. The minimum Gasteiger partial charge on any atom is -0.309 e. The van der Waals surface area contributed by atoms with E-state index < -0.39 is 11.9 Å². The second-order valence-electron chi connectivity index (χ2n) is 8.54. The van der Waals surface area contributed by atoms with Crippen molar-refractivity contribution >= 4 is 33.7 Å². The maximum absolute atomic E-state index is 14.5. The standard InChI is InChI=1S/C27H23FN8O/c1-15-23-26(36(4)35-15)25(32-14-31-23)19-12-20(33-22(13-19)34-27(37)16(2)29-3)8-7-17-10-18-6-5-9-30-24(18)21(28)11-17/h5-6,9-14,16,29H,1-4H3,(H,33,34,37). The lowest BCUT2D eigenvalue weighted by atomic mass is 10.1. The van der Waals surface area contributed by atoms with Crippen LogP contribution in [0, 0.1) is 24.6 Å². The molecule has 1 unspecified atom stereocenters. The number of likely N-dealkylation sites (N-methyl/N-ethyl adjacent to an activating group) is 1. The molecule has 0 aliphatic carbocycles. The molecular formula is C27H23FN8O. The monoisotopic (exact) mass is 494 g/mol. The van der Waals surface area contributed by atoms with Crippen molar-refractivity contribution in [3.8, 4) is 23.1 Å². The van der Waals surface area contributed by atoms with Crippen molar-refractivity contribution in [3.63, 3.8) is 0 Å². The Morgan fingerprint density at radius 2 is 1.95 bits per heavy atom. The fourth-order valence-electron chi connectivity index (χ4n) is 4.00. The molecule has 0 radical (unpaired) electrons. The van der Waals surface area contributed by atoms with Crippen LogP contribution in [0.1, 0.15) is 23.9 Å². The predicted octanol–water partition coefficient (Wildman–Crippen LogP) is 3.37. The quantitative estimate of drug-likeness (QED) is 0.369. The van der Waals surface area contributed by atoms with Crippen LogP contribution in [0.25, 0.3) is 33.2 Å². The van der Waals surface area contributed by atoms with Crippen molar-refractivity contribution in [1.82, 2.24) is 35.0 Å². The van der Waals surface area contributed by atoms with Crippen LogP contribution in [0.3, 0.4) is 0 Å². The number of rotatable bonds is 4. The average Bonchev–Trinajstić information content (AvgIpc) is 3.20. The number of nitrogens with zero attached hydrogens (tertiary/aromatic N) is 6. The van der Waals surface area contributed by atoms with E-state index in [1.54, 1.807) is 55.2 Å². The maximum Gasteiger partial charge on any atom is 0.242 e. The zero-order valence-electron chi connectivity index (χ0n) is 20.7. The van der Waals surface area contributed by atoms with E-state index in [0.717, 1.165) is 16.7 Å². The number of aromatic nitrogens is 6. The van der Waals surface area contributed by atoms with Gasteiger partial charge in [0.2, 0.25) is 5.91 Å². The molecule has 10 heteroatoms. The van der Waals surface area contributed by atoms with Gasteiger partial charge in [-0.3, -0.25) is 14.5 Å². The highest BCUT2D eigenvalue weighted by Gasteiger charge is 2.17. The molecule has 4 heterocycles. The number of aryl methyl sites for hydroxylation is 2. The molecule has 5 aromatic rings. The van der Waals surface area contributed by atoms with Gasteiger partial charge >= 0.3 is 0 Å². The fourth-order valence-corrected chi connectivity index (χ4v) is 4.00. The highest BCUT2D eigenvalue weighted by molar-refractivity contribution is 5.95. The van der Waals surface area contributed by atoms with Crippen LogP contribution in [-0.2, 0) is 11.8 Å². The second-order valence-corrected chi connectivity index (χ2v) is 8.54. The number of nitrogens with one attached hydrogen (secondary N) is 2. The van der Waals surface area contributed by atoms with Gasteiger partial charge in [0.15, 0.2) is 5.82 Å². The van der Waals surface area contributed by atoms with E-state index in [-0.39, 0.29) is 11.4 Å². The molecule has 5 rings (SSSR count). The van der Waals surface area contributed by atoms with Gasteiger partial charge < -0.3 is 10.6 Å². The number of halogens is 1. The van der Waals surface area contributed by atoms with Crippen LogP contribution in [-0.4, -0.2) is 48.7 Å². The van der Waals surface area contributed by atoms with Gasteiger partial charge in [-0.2, -0.15) is 5.10 Å². The molecule has 0 saturated carbocycles. The SMILES string of the molecule is CNC(C)C(=O)Nc1cc(-c2ncnc3c(C)nn(C)c23)cc(C#Cc2cc(F)c3ncccc3c2)n1. The highest BCUT2D eigenvalue weighted by atomic mass is 19.1. The Labute approximate surface area is 212 Å². The van der Waals surface area contributed by atoms with E-state index in [1.165, 1.54) is 12.4 Å². The summed E-state index contributed by atoms with van der Waals surface area (Å²) in [7, 11) is 3.52. The van der Waals surface area contributed by atoms with Gasteiger partial charge in [-0.25, -0.2) is 19.3 Å². The van der Waals surface area contributed by atoms with Crippen LogP contribution in [0.5, 0.6) is 0 Å². The van der Waals surface area contributed by atoms with Gasteiger partial charge in [0.1, 0.15) is 34.4 Å². The van der Waals surface area contributed by atoms with E-state index in [9.17, 15) is 9.18 Å². The number of hydrogen-bond acceptors (Lipinski definition) is 7. The van der Waals surface area contributed by atoms with Gasteiger partial charge in [0, 0.05) is 29.8 Å². The predicted molar refractivity (Wildman–Crippen MR) is 139 cm³/mol. The fraction of sp³-hybridized carbons (Fsp3) is 0.185. The number of hydrogen-bond donors (Lipinski definition) is 2. The third kappa shape index (κ3) is 4.72. The zero-order valence-corrected chi connectivity index (χ0v) is 20.7. The van der Waals surface area contributed by atoms with Crippen LogP contribution in [0.2, 0.25) is 0 Å². The first-order chi connectivity index (χ1) is 17.8. The molecule has 0 bridgehead atoms. The number of pyridine rings is 2. The average molecular weight is 495 g/mol.